The number of methoxy groups -OCH3 is 1. The molecule has 0 saturated carbocycles. The van der Waals surface area contributed by atoms with Gasteiger partial charge in [0.1, 0.15) is 0 Å². The third-order valence-corrected chi connectivity index (χ3v) is 2.70. The van der Waals surface area contributed by atoms with E-state index >= 15 is 0 Å². The summed E-state index contributed by atoms with van der Waals surface area (Å²) in [6, 6.07) is 0.0894. The molecule has 2 atom stereocenters. The molecular formula is C12H26N2O2. The number of amides is 1. The van der Waals surface area contributed by atoms with E-state index in [0.717, 1.165) is 6.42 Å². The molecule has 0 aliphatic carbocycles. The van der Waals surface area contributed by atoms with Gasteiger partial charge in [-0.05, 0) is 34.1 Å². The van der Waals surface area contributed by atoms with Crippen molar-refractivity contribution in [2.24, 2.45) is 0 Å². The van der Waals surface area contributed by atoms with Crippen LogP contribution in [-0.2, 0) is 9.53 Å². The van der Waals surface area contributed by atoms with Crippen molar-refractivity contribution < 1.29 is 9.53 Å². The highest BCUT2D eigenvalue weighted by molar-refractivity contribution is 5.80. The predicted octanol–water partition coefficient (Wildman–Crippen LogP) is 1.26. The van der Waals surface area contributed by atoms with E-state index in [9.17, 15) is 4.79 Å². The summed E-state index contributed by atoms with van der Waals surface area (Å²) in [6.45, 7) is 8.05. The summed E-state index contributed by atoms with van der Waals surface area (Å²) < 4.78 is 5.36. The summed E-state index contributed by atoms with van der Waals surface area (Å²) in [5.41, 5.74) is -0.159. The summed E-state index contributed by atoms with van der Waals surface area (Å²) in [7, 11) is 5.25. The number of likely N-dealkylation sites (N-methyl/N-ethyl adjacent to an activating group) is 1. The fraction of sp³-hybridized carbons (Fsp3) is 0.917. The Morgan fingerprint density at radius 1 is 1.38 bits per heavy atom. The van der Waals surface area contributed by atoms with Crippen LogP contribution in [0, 0.1) is 0 Å². The second kappa shape index (κ2) is 6.21. The van der Waals surface area contributed by atoms with E-state index in [4.69, 9.17) is 4.74 Å². The van der Waals surface area contributed by atoms with Gasteiger partial charge in [-0.2, -0.15) is 0 Å². The fourth-order valence-corrected chi connectivity index (χ4v) is 1.76. The normalized spacial score (nSPS) is 15.7. The van der Waals surface area contributed by atoms with Gasteiger partial charge in [0.05, 0.1) is 11.6 Å². The van der Waals surface area contributed by atoms with Gasteiger partial charge in [0, 0.05) is 27.2 Å². The molecule has 0 saturated heterocycles. The molecule has 96 valence electrons. The highest BCUT2D eigenvalue weighted by atomic mass is 16.5. The Hall–Kier alpha value is -0.610. The lowest BCUT2D eigenvalue weighted by Crippen LogP contribution is -2.47. The van der Waals surface area contributed by atoms with Crippen molar-refractivity contribution in [1.82, 2.24) is 10.2 Å². The summed E-state index contributed by atoms with van der Waals surface area (Å²) in [5, 5.41) is 3.28. The van der Waals surface area contributed by atoms with E-state index in [1.807, 2.05) is 20.8 Å². The van der Waals surface area contributed by atoms with Gasteiger partial charge in [-0.25, -0.2) is 0 Å². The van der Waals surface area contributed by atoms with Crippen LogP contribution < -0.4 is 5.32 Å². The van der Waals surface area contributed by atoms with E-state index in [1.165, 1.54) is 0 Å². The van der Waals surface area contributed by atoms with Gasteiger partial charge in [-0.3, -0.25) is 4.79 Å². The lowest BCUT2D eigenvalue weighted by atomic mass is 9.99. The Balaban J connectivity index is 4.15. The van der Waals surface area contributed by atoms with E-state index in [0.29, 0.717) is 0 Å². The molecule has 0 heterocycles. The predicted molar refractivity (Wildman–Crippen MR) is 66.5 cm³/mol. The molecule has 0 spiro atoms. The van der Waals surface area contributed by atoms with Crippen LogP contribution in [0.1, 0.15) is 34.1 Å². The summed E-state index contributed by atoms with van der Waals surface area (Å²) in [6.07, 6.45) is 0.870. The van der Waals surface area contributed by atoms with Gasteiger partial charge >= 0.3 is 0 Å². The summed E-state index contributed by atoms with van der Waals surface area (Å²) >= 11 is 0. The van der Waals surface area contributed by atoms with Crippen LogP contribution >= 0.6 is 0 Å². The van der Waals surface area contributed by atoms with Crippen LogP contribution in [0.15, 0.2) is 0 Å². The zero-order chi connectivity index (χ0) is 12.9. The van der Waals surface area contributed by atoms with Crippen LogP contribution in [0.3, 0.4) is 0 Å². The number of hydrogen-bond donors (Lipinski definition) is 1. The average molecular weight is 230 g/mol. The minimum atomic E-state index is -0.159. The van der Waals surface area contributed by atoms with E-state index in [1.54, 1.807) is 26.1 Å². The quantitative estimate of drug-likeness (QED) is 0.747. The number of nitrogens with zero attached hydrogens (tertiary/aromatic N) is 1. The van der Waals surface area contributed by atoms with Crippen molar-refractivity contribution in [3.8, 4) is 0 Å². The Kier molecular flexibility index (Phi) is 5.97. The van der Waals surface area contributed by atoms with E-state index < -0.39 is 0 Å². The topological polar surface area (TPSA) is 41.6 Å². The average Bonchev–Trinajstić information content (AvgIpc) is 2.15. The first-order valence-electron chi connectivity index (χ1n) is 5.72. The monoisotopic (exact) mass is 230 g/mol. The van der Waals surface area contributed by atoms with Gasteiger partial charge < -0.3 is 15.0 Å². The largest absolute Gasteiger partial charge is 0.379 e. The number of ether oxygens (including phenoxy) is 1. The smallest absolute Gasteiger partial charge is 0.238 e. The van der Waals surface area contributed by atoms with Gasteiger partial charge in [0.2, 0.25) is 5.91 Å². The highest BCUT2D eigenvalue weighted by Gasteiger charge is 2.23. The van der Waals surface area contributed by atoms with Crippen molar-refractivity contribution in [3.63, 3.8) is 0 Å². The standard InChI is InChI=1S/C12H26N2O2/c1-9(8-12(3,4)16-7)13-10(2)11(15)14(5)6/h9-10,13H,8H2,1-7H3. The second-order valence-corrected chi connectivity index (χ2v) is 5.19. The molecule has 0 rings (SSSR count). The summed E-state index contributed by atoms with van der Waals surface area (Å²) in [5.74, 6) is 0.0991. The molecule has 0 fully saturated rings. The molecule has 0 aliphatic heterocycles. The van der Waals surface area contributed by atoms with Crippen molar-refractivity contribution in [2.75, 3.05) is 21.2 Å². The van der Waals surface area contributed by atoms with Crippen molar-refractivity contribution >= 4 is 5.91 Å². The molecule has 0 aliphatic rings. The molecule has 0 bridgehead atoms. The maximum atomic E-state index is 11.6. The lowest BCUT2D eigenvalue weighted by molar-refractivity contribution is -0.130. The van der Waals surface area contributed by atoms with Crippen LogP contribution in [-0.4, -0.2) is 49.7 Å². The molecule has 2 unspecified atom stereocenters. The fourth-order valence-electron chi connectivity index (χ4n) is 1.76. The van der Waals surface area contributed by atoms with E-state index in [-0.39, 0.29) is 23.6 Å². The SMILES string of the molecule is COC(C)(C)CC(C)NC(C)C(=O)N(C)C. The molecule has 1 amide bonds. The Labute approximate surface area is 99.3 Å². The lowest BCUT2D eigenvalue weighted by Gasteiger charge is -2.29. The van der Waals surface area contributed by atoms with Gasteiger partial charge in [0.25, 0.3) is 0 Å². The molecule has 16 heavy (non-hydrogen) atoms. The van der Waals surface area contributed by atoms with Crippen molar-refractivity contribution in [1.29, 1.82) is 0 Å². The third kappa shape index (κ3) is 5.47. The molecule has 4 heteroatoms. The van der Waals surface area contributed by atoms with Crippen molar-refractivity contribution in [3.05, 3.63) is 0 Å². The molecule has 0 aromatic carbocycles. The molecule has 4 nitrogen and oxygen atoms in total. The van der Waals surface area contributed by atoms with Gasteiger partial charge in [0.15, 0.2) is 0 Å². The number of carbonyl (C=O) groups is 1. The maximum Gasteiger partial charge on any atom is 0.238 e. The number of rotatable bonds is 6. The Morgan fingerprint density at radius 3 is 2.25 bits per heavy atom. The number of hydrogen-bond acceptors (Lipinski definition) is 3. The number of nitrogens with one attached hydrogen (secondary N) is 1. The molecule has 0 aromatic heterocycles. The van der Waals surface area contributed by atoms with Crippen LogP contribution in [0.25, 0.3) is 0 Å². The van der Waals surface area contributed by atoms with Crippen molar-refractivity contribution in [2.45, 2.75) is 51.8 Å². The number of carbonyl (C=O) groups excluding carboxylic acids is 1. The zero-order valence-corrected chi connectivity index (χ0v) is 11.6. The minimum Gasteiger partial charge on any atom is -0.379 e. The van der Waals surface area contributed by atoms with Gasteiger partial charge in [-0.1, -0.05) is 0 Å². The van der Waals surface area contributed by atoms with Gasteiger partial charge in [-0.15, -0.1) is 0 Å². The first kappa shape index (κ1) is 15.4. The summed E-state index contributed by atoms with van der Waals surface area (Å²) in [4.78, 5) is 13.2. The molecule has 0 radical (unpaired) electrons. The first-order valence-corrected chi connectivity index (χ1v) is 5.72. The van der Waals surface area contributed by atoms with Crippen LogP contribution in [0.4, 0.5) is 0 Å². The third-order valence-electron chi connectivity index (χ3n) is 2.70. The Morgan fingerprint density at radius 2 is 1.88 bits per heavy atom. The second-order valence-electron chi connectivity index (χ2n) is 5.19. The molecule has 0 aromatic rings. The maximum absolute atomic E-state index is 11.6. The minimum absolute atomic E-state index is 0.0991. The van der Waals surface area contributed by atoms with Crippen LogP contribution in [0.2, 0.25) is 0 Å². The molecule has 1 N–H and O–H groups in total. The first-order chi connectivity index (χ1) is 7.19. The Bertz CT molecular complexity index is 227. The molecular weight excluding hydrogens is 204 g/mol. The van der Waals surface area contributed by atoms with Crippen LogP contribution in [0.5, 0.6) is 0 Å². The highest BCUT2D eigenvalue weighted by Crippen LogP contribution is 2.15. The van der Waals surface area contributed by atoms with E-state index in [2.05, 4.69) is 12.2 Å². The zero-order valence-electron chi connectivity index (χ0n) is 11.6.